The quantitative estimate of drug-likeness (QED) is 0.624. The smallest absolute Gasteiger partial charge is 0.254 e. The fourth-order valence-electron chi connectivity index (χ4n) is 1.58. The Kier molecular flexibility index (Phi) is 3.72. The molecule has 0 aliphatic rings. The van der Waals surface area contributed by atoms with Gasteiger partial charge in [-0.3, -0.25) is 4.79 Å². The number of rotatable bonds is 3. The van der Waals surface area contributed by atoms with E-state index in [9.17, 15) is 4.79 Å². The molecule has 3 heteroatoms. The van der Waals surface area contributed by atoms with E-state index in [1.807, 2.05) is 19.9 Å². The van der Waals surface area contributed by atoms with Gasteiger partial charge in [0.2, 0.25) is 0 Å². The van der Waals surface area contributed by atoms with Gasteiger partial charge in [0.1, 0.15) is 0 Å². The van der Waals surface area contributed by atoms with Crippen LogP contribution < -0.4 is 5.73 Å². The number of anilines is 1. The van der Waals surface area contributed by atoms with Crippen molar-refractivity contribution in [2.75, 3.05) is 19.3 Å². The molecule has 0 radical (unpaired) electrons. The standard InChI is InChI=1S/C13H18N2O/c1-5-6-15(4)13(16)11-8-12(14)10(3)7-9(11)2/h5,7-8H,1,6,14H2,2-4H3. The summed E-state index contributed by atoms with van der Waals surface area (Å²) in [7, 11) is 1.75. The SMILES string of the molecule is C=CCN(C)C(=O)c1cc(N)c(C)cc1C. The number of amides is 1. The molecule has 0 saturated carbocycles. The van der Waals surface area contributed by atoms with Gasteiger partial charge < -0.3 is 10.6 Å². The molecule has 0 atom stereocenters. The van der Waals surface area contributed by atoms with Crippen LogP contribution in [0.4, 0.5) is 5.69 Å². The molecule has 0 bridgehead atoms. The minimum atomic E-state index is -0.0240. The van der Waals surface area contributed by atoms with E-state index in [4.69, 9.17) is 5.73 Å². The first-order valence-corrected chi connectivity index (χ1v) is 5.20. The van der Waals surface area contributed by atoms with E-state index in [-0.39, 0.29) is 5.91 Å². The Labute approximate surface area is 96.6 Å². The zero-order valence-electron chi connectivity index (χ0n) is 10.1. The molecular weight excluding hydrogens is 200 g/mol. The van der Waals surface area contributed by atoms with Crippen LogP contribution in [0.1, 0.15) is 21.5 Å². The van der Waals surface area contributed by atoms with Gasteiger partial charge in [-0.2, -0.15) is 0 Å². The fraction of sp³-hybridized carbons (Fsp3) is 0.308. The first-order valence-electron chi connectivity index (χ1n) is 5.20. The fourth-order valence-corrected chi connectivity index (χ4v) is 1.58. The zero-order chi connectivity index (χ0) is 12.3. The summed E-state index contributed by atoms with van der Waals surface area (Å²) in [5.41, 5.74) is 9.08. The Morgan fingerprint density at radius 3 is 2.62 bits per heavy atom. The van der Waals surface area contributed by atoms with Crippen molar-refractivity contribution in [2.45, 2.75) is 13.8 Å². The van der Waals surface area contributed by atoms with Crippen molar-refractivity contribution in [3.05, 3.63) is 41.5 Å². The Balaban J connectivity index is 3.08. The van der Waals surface area contributed by atoms with Crippen LogP contribution in [0.2, 0.25) is 0 Å². The molecule has 0 aliphatic carbocycles. The van der Waals surface area contributed by atoms with E-state index < -0.39 is 0 Å². The van der Waals surface area contributed by atoms with Crippen LogP contribution in [0.3, 0.4) is 0 Å². The topological polar surface area (TPSA) is 46.3 Å². The second kappa shape index (κ2) is 4.84. The van der Waals surface area contributed by atoms with E-state index in [1.165, 1.54) is 0 Å². The van der Waals surface area contributed by atoms with Gasteiger partial charge in [-0.1, -0.05) is 12.1 Å². The highest BCUT2D eigenvalue weighted by Crippen LogP contribution is 2.18. The van der Waals surface area contributed by atoms with Crippen LogP contribution in [-0.2, 0) is 0 Å². The van der Waals surface area contributed by atoms with Gasteiger partial charge in [-0.25, -0.2) is 0 Å². The van der Waals surface area contributed by atoms with E-state index in [0.29, 0.717) is 17.8 Å². The minimum Gasteiger partial charge on any atom is -0.398 e. The number of hydrogen-bond acceptors (Lipinski definition) is 2. The van der Waals surface area contributed by atoms with Gasteiger partial charge in [0.05, 0.1) is 0 Å². The molecule has 2 N–H and O–H groups in total. The summed E-state index contributed by atoms with van der Waals surface area (Å²) in [5, 5.41) is 0. The third kappa shape index (κ3) is 2.42. The summed E-state index contributed by atoms with van der Waals surface area (Å²) in [6, 6.07) is 3.68. The second-order valence-electron chi connectivity index (χ2n) is 4.00. The number of likely N-dealkylation sites (N-methyl/N-ethyl adjacent to an activating group) is 1. The predicted molar refractivity (Wildman–Crippen MR) is 67.5 cm³/mol. The zero-order valence-corrected chi connectivity index (χ0v) is 10.1. The van der Waals surface area contributed by atoms with Crippen LogP contribution in [0.15, 0.2) is 24.8 Å². The van der Waals surface area contributed by atoms with Crippen molar-refractivity contribution in [1.82, 2.24) is 4.90 Å². The summed E-state index contributed by atoms with van der Waals surface area (Å²) < 4.78 is 0. The first-order chi connectivity index (χ1) is 7.47. The van der Waals surface area contributed by atoms with Crippen LogP contribution in [0.5, 0.6) is 0 Å². The highest BCUT2D eigenvalue weighted by Gasteiger charge is 2.14. The molecule has 1 aromatic carbocycles. The Morgan fingerprint density at radius 2 is 2.06 bits per heavy atom. The highest BCUT2D eigenvalue weighted by atomic mass is 16.2. The van der Waals surface area contributed by atoms with Crippen molar-refractivity contribution in [2.24, 2.45) is 0 Å². The van der Waals surface area contributed by atoms with Crippen molar-refractivity contribution >= 4 is 11.6 Å². The molecule has 0 fully saturated rings. The maximum absolute atomic E-state index is 12.0. The summed E-state index contributed by atoms with van der Waals surface area (Å²) in [5.74, 6) is -0.0240. The maximum atomic E-state index is 12.0. The molecule has 1 aromatic rings. The van der Waals surface area contributed by atoms with E-state index in [2.05, 4.69) is 6.58 Å². The minimum absolute atomic E-state index is 0.0240. The largest absolute Gasteiger partial charge is 0.398 e. The van der Waals surface area contributed by atoms with E-state index in [1.54, 1.807) is 24.1 Å². The molecule has 0 aromatic heterocycles. The second-order valence-corrected chi connectivity index (χ2v) is 4.00. The third-order valence-corrected chi connectivity index (χ3v) is 2.59. The van der Waals surface area contributed by atoms with Crippen LogP contribution >= 0.6 is 0 Å². The Bertz CT molecular complexity index is 424. The van der Waals surface area contributed by atoms with Crippen LogP contribution in [0.25, 0.3) is 0 Å². The van der Waals surface area contributed by atoms with Gasteiger partial charge in [-0.15, -0.1) is 6.58 Å². The predicted octanol–water partition coefficient (Wildman–Crippen LogP) is 2.14. The van der Waals surface area contributed by atoms with Gasteiger partial charge in [-0.05, 0) is 31.0 Å². The third-order valence-electron chi connectivity index (χ3n) is 2.59. The number of nitrogen functional groups attached to an aromatic ring is 1. The van der Waals surface area contributed by atoms with Crippen molar-refractivity contribution in [3.8, 4) is 0 Å². The van der Waals surface area contributed by atoms with Gasteiger partial charge in [0, 0.05) is 24.8 Å². The van der Waals surface area contributed by atoms with Gasteiger partial charge >= 0.3 is 0 Å². The molecule has 86 valence electrons. The molecular formula is C13H18N2O. The number of carbonyl (C=O) groups excluding carboxylic acids is 1. The molecule has 0 unspecified atom stereocenters. The van der Waals surface area contributed by atoms with Crippen LogP contribution in [0, 0.1) is 13.8 Å². The molecule has 3 nitrogen and oxygen atoms in total. The normalized spacial score (nSPS) is 9.94. The maximum Gasteiger partial charge on any atom is 0.254 e. The van der Waals surface area contributed by atoms with Gasteiger partial charge in [0.15, 0.2) is 0 Å². The lowest BCUT2D eigenvalue weighted by molar-refractivity contribution is 0.0809. The van der Waals surface area contributed by atoms with Crippen molar-refractivity contribution < 1.29 is 4.79 Å². The first kappa shape index (κ1) is 12.3. The molecule has 0 saturated heterocycles. The lowest BCUT2D eigenvalue weighted by Gasteiger charge is -2.17. The molecule has 0 spiro atoms. The lowest BCUT2D eigenvalue weighted by atomic mass is 10.0. The monoisotopic (exact) mass is 218 g/mol. The molecule has 0 heterocycles. The van der Waals surface area contributed by atoms with E-state index >= 15 is 0 Å². The molecule has 1 amide bonds. The Hall–Kier alpha value is -1.77. The van der Waals surface area contributed by atoms with Gasteiger partial charge in [0.25, 0.3) is 5.91 Å². The van der Waals surface area contributed by atoms with E-state index in [0.717, 1.165) is 11.1 Å². The molecule has 16 heavy (non-hydrogen) atoms. The van der Waals surface area contributed by atoms with Crippen molar-refractivity contribution in [1.29, 1.82) is 0 Å². The van der Waals surface area contributed by atoms with Crippen molar-refractivity contribution in [3.63, 3.8) is 0 Å². The number of nitrogens with two attached hydrogens (primary N) is 1. The molecule has 1 rings (SSSR count). The summed E-state index contributed by atoms with van der Waals surface area (Å²) in [6.45, 7) is 8.00. The number of hydrogen-bond donors (Lipinski definition) is 1. The highest BCUT2D eigenvalue weighted by molar-refractivity contribution is 5.96. The average Bonchev–Trinajstić information content (AvgIpc) is 2.23. The number of benzene rings is 1. The summed E-state index contributed by atoms with van der Waals surface area (Å²) >= 11 is 0. The molecule has 0 aliphatic heterocycles. The lowest BCUT2D eigenvalue weighted by Crippen LogP contribution is -2.27. The van der Waals surface area contributed by atoms with Crippen LogP contribution in [-0.4, -0.2) is 24.4 Å². The average molecular weight is 218 g/mol. The number of nitrogens with zero attached hydrogens (tertiary/aromatic N) is 1. The Morgan fingerprint density at radius 1 is 1.44 bits per heavy atom. The summed E-state index contributed by atoms with van der Waals surface area (Å²) in [6.07, 6.45) is 1.70. The number of aryl methyl sites for hydroxylation is 2. The summed E-state index contributed by atoms with van der Waals surface area (Å²) in [4.78, 5) is 13.7. The number of carbonyl (C=O) groups is 1.